The van der Waals surface area contributed by atoms with Gasteiger partial charge in [0.15, 0.2) is 0 Å². The van der Waals surface area contributed by atoms with Crippen molar-refractivity contribution in [3.05, 3.63) is 24.0 Å². The van der Waals surface area contributed by atoms with Crippen LogP contribution in [0.4, 0.5) is 5.69 Å². The Hall–Kier alpha value is -1.62. The molecule has 94 valence electrons. The predicted octanol–water partition coefficient (Wildman–Crippen LogP) is 0.982. The highest BCUT2D eigenvalue weighted by Gasteiger charge is 2.05. The van der Waals surface area contributed by atoms with Gasteiger partial charge in [0, 0.05) is 25.0 Å². The van der Waals surface area contributed by atoms with Crippen LogP contribution in [0.25, 0.3) is 0 Å². The molecule has 0 aliphatic heterocycles. The van der Waals surface area contributed by atoms with Crippen LogP contribution in [-0.4, -0.2) is 30.5 Å². The van der Waals surface area contributed by atoms with Crippen LogP contribution in [0.15, 0.2) is 18.3 Å². The molecule has 0 aliphatic rings. The van der Waals surface area contributed by atoms with Gasteiger partial charge in [0.25, 0.3) is 5.91 Å². The molecule has 1 heterocycles. The fraction of sp³-hybridized carbons (Fsp3) is 0.500. The van der Waals surface area contributed by atoms with E-state index in [0.717, 1.165) is 25.1 Å². The minimum Gasteiger partial charge on any atom is -0.385 e. The number of hydrogen-bond donors (Lipinski definition) is 3. The highest BCUT2D eigenvalue weighted by Crippen LogP contribution is 2.08. The van der Waals surface area contributed by atoms with Crippen molar-refractivity contribution in [2.75, 3.05) is 25.0 Å². The number of nitrogens with one attached hydrogen (secondary N) is 2. The Morgan fingerprint density at radius 3 is 3.00 bits per heavy atom. The molecular formula is C12H20N4O. The first-order valence-corrected chi connectivity index (χ1v) is 5.96. The van der Waals surface area contributed by atoms with Crippen molar-refractivity contribution in [1.29, 1.82) is 0 Å². The second-order valence-electron chi connectivity index (χ2n) is 3.71. The summed E-state index contributed by atoms with van der Waals surface area (Å²) in [5.41, 5.74) is 6.77. The second-order valence-corrected chi connectivity index (χ2v) is 3.71. The molecule has 0 unspecified atom stereocenters. The highest BCUT2D eigenvalue weighted by molar-refractivity contribution is 5.93. The van der Waals surface area contributed by atoms with Gasteiger partial charge >= 0.3 is 0 Å². The minimum atomic E-state index is -0.141. The Balaban J connectivity index is 2.50. The lowest BCUT2D eigenvalue weighted by atomic mass is 10.2. The van der Waals surface area contributed by atoms with Crippen molar-refractivity contribution in [2.45, 2.75) is 19.8 Å². The number of rotatable bonds is 7. The van der Waals surface area contributed by atoms with Crippen molar-refractivity contribution >= 4 is 11.6 Å². The average molecular weight is 236 g/mol. The molecular weight excluding hydrogens is 216 g/mol. The van der Waals surface area contributed by atoms with E-state index < -0.39 is 0 Å². The Bertz CT molecular complexity index is 354. The summed E-state index contributed by atoms with van der Waals surface area (Å²) in [5.74, 6) is -0.141. The Morgan fingerprint density at radius 2 is 2.29 bits per heavy atom. The summed E-state index contributed by atoms with van der Waals surface area (Å²) < 4.78 is 0. The Labute approximate surface area is 102 Å². The monoisotopic (exact) mass is 236 g/mol. The smallest absolute Gasteiger partial charge is 0.269 e. The number of nitrogens with two attached hydrogens (primary N) is 1. The molecule has 0 atom stereocenters. The van der Waals surface area contributed by atoms with Gasteiger partial charge in [-0.15, -0.1) is 0 Å². The third-order valence-electron chi connectivity index (χ3n) is 2.29. The quantitative estimate of drug-likeness (QED) is 0.617. The summed E-state index contributed by atoms with van der Waals surface area (Å²) in [6, 6.07) is 3.61. The molecule has 1 aromatic rings. The van der Waals surface area contributed by atoms with Crippen molar-refractivity contribution in [1.82, 2.24) is 10.3 Å². The highest BCUT2D eigenvalue weighted by atomic mass is 16.1. The van der Waals surface area contributed by atoms with Gasteiger partial charge in [-0.1, -0.05) is 0 Å². The fourth-order valence-electron chi connectivity index (χ4n) is 1.42. The van der Waals surface area contributed by atoms with E-state index in [2.05, 4.69) is 15.6 Å². The molecule has 1 aromatic heterocycles. The van der Waals surface area contributed by atoms with Crippen LogP contribution in [0.3, 0.4) is 0 Å². The van der Waals surface area contributed by atoms with Gasteiger partial charge in [0.05, 0.1) is 0 Å². The Kier molecular flexibility index (Phi) is 6.03. The van der Waals surface area contributed by atoms with E-state index in [1.807, 2.05) is 13.0 Å². The van der Waals surface area contributed by atoms with Gasteiger partial charge in [-0.25, -0.2) is 0 Å². The van der Waals surface area contributed by atoms with E-state index in [-0.39, 0.29) is 5.91 Å². The van der Waals surface area contributed by atoms with E-state index in [0.29, 0.717) is 18.8 Å². The van der Waals surface area contributed by atoms with Crippen LogP contribution in [0.5, 0.6) is 0 Å². The first-order chi connectivity index (χ1) is 8.27. The van der Waals surface area contributed by atoms with Gasteiger partial charge in [0.1, 0.15) is 5.69 Å². The molecule has 1 rings (SSSR count). The van der Waals surface area contributed by atoms with Crippen LogP contribution in [0, 0.1) is 0 Å². The summed E-state index contributed by atoms with van der Waals surface area (Å²) in [4.78, 5) is 15.6. The molecule has 5 heteroatoms. The van der Waals surface area contributed by atoms with Gasteiger partial charge in [-0.05, 0) is 38.4 Å². The average Bonchev–Trinajstić information content (AvgIpc) is 2.35. The first kappa shape index (κ1) is 13.4. The molecule has 0 saturated carbocycles. The van der Waals surface area contributed by atoms with Gasteiger partial charge < -0.3 is 16.4 Å². The van der Waals surface area contributed by atoms with E-state index in [1.54, 1.807) is 12.3 Å². The third-order valence-corrected chi connectivity index (χ3v) is 2.29. The second kappa shape index (κ2) is 7.62. The molecule has 0 spiro atoms. The number of carbonyl (C=O) groups excluding carboxylic acids is 1. The first-order valence-electron chi connectivity index (χ1n) is 5.96. The van der Waals surface area contributed by atoms with Crippen molar-refractivity contribution in [3.63, 3.8) is 0 Å². The molecule has 0 saturated heterocycles. The standard InChI is InChI=1S/C12H20N4O/c1-2-14-12(17)11-9-10(5-8-16-11)15-7-4-3-6-13/h5,8-9H,2-4,6-7,13H2,1H3,(H,14,17)(H,15,16). The SMILES string of the molecule is CCNC(=O)c1cc(NCCCCN)ccn1. The van der Waals surface area contributed by atoms with E-state index in [9.17, 15) is 4.79 Å². The maximum Gasteiger partial charge on any atom is 0.269 e. The molecule has 0 radical (unpaired) electrons. The Morgan fingerprint density at radius 1 is 1.47 bits per heavy atom. The number of anilines is 1. The normalized spacial score (nSPS) is 10.0. The molecule has 4 N–H and O–H groups in total. The molecule has 0 aliphatic carbocycles. The van der Waals surface area contributed by atoms with E-state index in [1.165, 1.54) is 0 Å². The number of unbranched alkanes of at least 4 members (excludes halogenated alkanes) is 1. The number of hydrogen-bond acceptors (Lipinski definition) is 4. The van der Waals surface area contributed by atoms with E-state index in [4.69, 9.17) is 5.73 Å². The maximum absolute atomic E-state index is 11.6. The lowest BCUT2D eigenvalue weighted by molar-refractivity contribution is 0.0951. The lowest BCUT2D eigenvalue weighted by Crippen LogP contribution is -2.23. The molecule has 5 nitrogen and oxygen atoms in total. The topological polar surface area (TPSA) is 80.0 Å². The molecule has 0 aromatic carbocycles. The van der Waals surface area contributed by atoms with Crippen LogP contribution in [-0.2, 0) is 0 Å². The van der Waals surface area contributed by atoms with Crippen molar-refractivity contribution < 1.29 is 4.79 Å². The maximum atomic E-state index is 11.6. The zero-order valence-electron chi connectivity index (χ0n) is 10.2. The van der Waals surface area contributed by atoms with Crippen molar-refractivity contribution in [2.24, 2.45) is 5.73 Å². The van der Waals surface area contributed by atoms with Gasteiger partial charge in [-0.3, -0.25) is 9.78 Å². The summed E-state index contributed by atoms with van der Waals surface area (Å²) in [6.45, 7) is 4.06. The van der Waals surface area contributed by atoms with Crippen LogP contribution >= 0.6 is 0 Å². The summed E-state index contributed by atoms with van der Waals surface area (Å²) in [7, 11) is 0. The molecule has 17 heavy (non-hydrogen) atoms. The largest absolute Gasteiger partial charge is 0.385 e. The fourth-order valence-corrected chi connectivity index (χ4v) is 1.42. The summed E-state index contributed by atoms with van der Waals surface area (Å²) >= 11 is 0. The number of nitrogens with zero attached hydrogens (tertiary/aromatic N) is 1. The minimum absolute atomic E-state index is 0.141. The van der Waals surface area contributed by atoms with Gasteiger partial charge in [0.2, 0.25) is 0 Å². The van der Waals surface area contributed by atoms with E-state index >= 15 is 0 Å². The zero-order valence-corrected chi connectivity index (χ0v) is 10.2. The number of amides is 1. The van der Waals surface area contributed by atoms with Crippen LogP contribution < -0.4 is 16.4 Å². The van der Waals surface area contributed by atoms with Gasteiger partial charge in [-0.2, -0.15) is 0 Å². The van der Waals surface area contributed by atoms with Crippen LogP contribution in [0.2, 0.25) is 0 Å². The summed E-state index contributed by atoms with van der Waals surface area (Å²) in [5, 5.41) is 5.96. The number of carbonyl (C=O) groups is 1. The number of aromatic nitrogens is 1. The zero-order chi connectivity index (χ0) is 12.5. The molecule has 1 amide bonds. The third kappa shape index (κ3) is 4.82. The lowest BCUT2D eigenvalue weighted by Gasteiger charge is -2.07. The predicted molar refractivity (Wildman–Crippen MR) is 69.0 cm³/mol. The molecule has 0 bridgehead atoms. The molecule has 0 fully saturated rings. The van der Waals surface area contributed by atoms with Crippen LogP contribution in [0.1, 0.15) is 30.3 Å². The number of pyridine rings is 1. The van der Waals surface area contributed by atoms with Crippen molar-refractivity contribution in [3.8, 4) is 0 Å². The summed E-state index contributed by atoms with van der Waals surface area (Å²) in [6.07, 6.45) is 3.66.